The predicted octanol–water partition coefficient (Wildman–Crippen LogP) is 3.35. The highest BCUT2D eigenvalue weighted by atomic mass is 79.9. The van der Waals surface area contributed by atoms with Crippen LogP contribution in [-0.4, -0.2) is 18.2 Å². The summed E-state index contributed by atoms with van der Waals surface area (Å²) in [5.74, 6) is 2.66. The van der Waals surface area contributed by atoms with Crippen LogP contribution in [0.5, 0.6) is 0 Å². The van der Waals surface area contributed by atoms with Gasteiger partial charge in [-0.3, -0.25) is 0 Å². The summed E-state index contributed by atoms with van der Waals surface area (Å²) in [6.45, 7) is 5.34. The summed E-state index contributed by atoms with van der Waals surface area (Å²) in [4.78, 5) is 2.12. The first-order valence-corrected chi connectivity index (χ1v) is 6.55. The largest absolute Gasteiger partial charge is 0.389 e. The fourth-order valence-corrected chi connectivity index (χ4v) is 2.19. The quantitative estimate of drug-likeness (QED) is 0.842. The molecule has 0 heterocycles. The summed E-state index contributed by atoms with van der Waals surface area (Å²) < 4.78 is 0.967. The number of hydrogen-bond acceptors (Lipinski definition) is 2. The van der Waals surface area contributed by atoms with E-state index in [1.165, 1.54) is 0 Å². The van der Waals surface area contributed by atoms with Gasteiger partial charge >= 0.3 is 0 Å². The summed E-state index contributed by atoms with van der Waals surface area (Å²) >= 11 is 3.42. The Balaban J connectivity index is 3.13. The number of aliphatic hydroxyl groups excluding tert-OH is 1. The molecule has 17 heavy (non-hydrogen) atoms. The van der Waals surface area contributed by atoms with E-state index in [0.717, 1.165) is 28.7 Å². The molecule has 0 spiro atoms. The Morgan fingerprint density at radius 1 is 1.53 bits per heavy atom. The smallest absolute Gasteiger partial charge is 0.0791 e. The normalized spacial score (nSPS) is 11.9. The van der Waals surface area contributed by atoms with Crippen molar-refractivity contribution in [1.29, 1.82) is 0 Å². The Bertz CT molecular complexity index is 409. The minimum absolute atomic E-state index is 0.500. The number of halogens is 1. The lowest BCUT2D eigenvalue weighted by Gasteiger charge is -2.25. The third kappa shape index (κ3) is 3.76. The molecule has 2 nitrogen and oxygen atoms in total. The SMILES string of the molecule is C#CCN(CCC)c1ccc(Br)cc1C(C)O. The number of anilines is 1. The second kappa shape index (κ2) is 6.68. The first-order valence-electron chi connectivity index (χ1n) is 5.76. The number of terminal acetylenes is 1. The van der Waals surface area contributed by atoms with E-state index in [1.807, 2.05) is 18.2 Å². The molecule has 1 aromatic carbocycles. The van der Waals surface area contributed by atoms with Gasteiger partial charge in [0.15, 0.2) is 0 Å². The highest BCUT2D eigenvalue weighted by Gasteiger charge is 2.13. The average molecular weight is 296 g/mol. The van der Waals surface area contributed by atoms with Crippen LogP contribution in [0.15, 0.2) is 22.7 Å². The molecule has 0 radical (unpaired) electrons. The van der Waals surface area contributed by atoms with E-state index in [1.54, 1.807) is 6.92 Å². The molecule has 0 aliphatic rings. The highest BCUT2D eigenvalue weighted by Crippen LogP contribution is 2.29. The maximum absolute atomic E-state index is 9.82. The Morgan fingerprint density at radius 3 is 2.76 bits per heavy atom. The van der Waals surface area contributed by atoms with E-state index in [2.05, 4.69) is 33.7 Å². The van der Waals surface area contributed by atoms with Gasteiger partial charge in [-0.2, -0.15) is 0 Å². The minimum atomic E-state index is -0.500. The third-order valence-electron chi connectivity index (χ3n) is 2.56. The zero-order valence-corrected chi connectivity index (χ0v) is 11.9. The van der Waals surface area contributed by atoms with Gasteiger partial charge in [0.1, 0.15) is 0 Å². The van der Waals surface area contributed by atoms with Crippen molar-refractivity contribution in [2.45, 2.75) is 26.4 Å². The van der Waals surface area contributed by atoms with Gasteiger partial charge in [-0.1, -0.05) is 28.8 Å². The lowest BCUT2D eigenvalue weighted by molar-refractivity contribution is 0.199. The van der Waals surface area contributed by atoms with Crippen LogP contribution in [0.3, 0.4) is 0 Å². The monoisotopic (exact) mass is 295 g/mol. The first kappa shape index (κ1) is 14.1. The number of nitrogens with zero attached hydrogens (tertiary/aromatic N) is 1. The highest BCUT2D eigenvalue weighted by molar-refractivity contribution is 9.10. The van der Waals surface area contributed by atoms with E-state index in [-0.39, 0.29) is 0 Å². The Kier molecular flexibility index (Phi) is 5.54. The molecule has 0 aliphatic heterocycles. The van der Waals surface area contributed by atoms with Crippen LogP contribution < -0.4 is 4.90 Å². The molecule has 1 atom stereocenters. The average Bonchev–Trinajstić information content (AvgIpc) is 2.28. The van der Waals surface area contributed by atoms with Crippen LogP contribution in [0.4, 0.5) is 5.69 Å². The molecule has 0 bridgehead atoms. The van der Waals surface area contributed by atoms with E-state index < -0.39 is 6.10 Å². The van der Waals surface area contributed by atoms with Gasteiger partial charge in [0.05, 0.1) is 12.6 Å². The van der Waals surface area contributed by atoms with Crippen molar-refractivity contribution in [2.75, 3.05) is 18.0 Å². The van der Waals surface area contributed by atoms with Gasteiger partial charge in [0.25, 0.3) is 0 Å². The van der Waals surface area contributed by atoms with Crippen LogP contribution in [0.25, 0.3) is 0 Å². The topological polar surface area (TPSA) is 23.5 Å². The van der Waals surface area contributed by atoms with Gasteiger partial charge in [-0.25, -0.2) is 0 Å². The number of hydrogen-bond donors (Lipinski definition) is 1. The molecule has 0 saturated carbocycles. The fourth-order valence-electron chi connectivity index (χ4n) is 1.81. The first-order chi connectivity index (χ1) is 8.10. The molecule has 92 valence electrons. The van der Waals surface area contributed by atoms with Gasteiger partial charge in [0.2, 0.25) is 0 Å². The summed E-state index contributed by atoms with van der Waals surface area (Å²) in [6, 6.07) is 5.92. The summed E-state index contributed by atoms with van der Waals surface area (Å²) in [6.07, 6.45) is 5.91. The number of rotatable bonds is 5. The van der Waals surface area contributed by atoms with Crippen molar-refractivity contribution in [1.82, 2.24) is 0 Å². The van der Waals surface area contributed by atoms with Gasteiger partial charge in [-0.15, -0.1) is 6.42 Å². The van der Waals surface area contributed by atoms with Crippen LogP contribution >= 0.6 is 15.9 Å². The summed E-state index contributed by atoms with van der Waals surface area (Å²) in [5.41, 5.74) is 1.92. The Hall–Kier alpha value is -0.980. The molecule has 0 amide bonds. The van der Waals surface area contributed by atoms with Crippen molar-refractivity contribution in [3.63, 3.8) is 0 Å². The lowest BCUT2D eigenvalue weighted by Crippen LogP contribution is -2.25. The van der Waals surface area contributed by atoms with Crippen molar-refractivity contribution >= 4 is 21.6 Å². The molecular formula is C14H18BrNO. The van der Waals surface area contributed by atoms with E-state index >= 15 is 0 Å². The standard InChI is InChI=1S/C14H18BrNO/c1-4-8-16(9-5-2)14-7-6-12(15)10-13(14)11(3)17/h1,6-7,10-11,17H,5,8-9H2,2-3H3. The molecule has 0 aromatic heterocycles. The molecule has 0 fully saturated rings. The molecule has 1 aromatic rings. The summed E-state index contributed by atoms with van der Waals surface area (Å²) in [5, 5.41) is 9.82. The Labute approximate surface area is 112 Å². The lowest BCUT2D eigenvalue weighted by atomic mass is 10.1. The second-order valence-corrected chi connectivity index (χ2v) is 4.92. The van der Waals surface area contributed by atoms with Gasteiger partial charge in [-0.05, 0) is 31.5 Å². The van der Waals surface area contributed by atoms with Gasteiger partial charge in [0, 0.05) is 22.3 Å². The van der Waals surface area contributed by atoms with E-state index in [4.69, 9.17) is 6.42 Å². The van der Waals surface area contributed by atoms with Crippen LogP contribution in [0, 0.1) is 12.3 Å². The number of benzene rings is 1. The maximum atomic E-state index is 9.82. The maximum Gasteiger partial charge on any atom is 0.0791 e. The molecule has 3 heteroatoms. The molecule has 1 rings (SSSR count). The molecule has 1 unspecified atom stereocenters. The van der Waals surface area contributed by atoms with Crippen LogP contribution in [-0.2, 0) is 0 Å². The molecular weight excluding hydrogens is 278 g/mol. The zero-order valence-electron chi connectivity index (χ0n) is 10.3. The van der Waals surface area contributed by atoms with Crippen molar-refractivity contribution < 1.29 is 5.11 Å². The van der Waals surface area contributed by atoms with Crippen LogP contribution in [0.2, 0.25) is 0 Å². The Morgan fingerprint density at radius 2 is 2.24 bits per heavy atom. The fraction of sp³-hybridized carbons (Fsp3) is 0.429. The van der Waals surface area contributed by atoms with E-state index in [0.29, 0.717) is 6.54 Å². The second-order valence-electron chi connectivity index (χ2n) is 4.00. The zero-order chi connectivity index (χ0) is 12.8. The molecule has 0 aliphatic carbocycles. The third-order valence-corrected chi connectivity index (χ3v) is 3.05. The van der Waals surface area contributed by atoms with Gasteiger partial charge < -0.3 is 10.0 Å². The van der Waals surface area contributed by atoms with Crippen molar-refractivity contribution in [3.05, 3.63) is 28.2 Å². The van der Waals surface area contributed by atoms with E-state index in [9.17, 15) is 5.11 Å². The minimum Gasteiger partial charge on any atom is -0.389 e. The van der Waals surface area contributed by atoms with Crippen molar-refractivity contribution in [2.24, 2.45) is 0 Å². The summed E-state index contributed by atoms with van der Waals surface area (Å²) in [7, 11) is 0. The molecule has 1 N–H and O–H groups in total. The number of aliphatic hydroxyl groups is 1. The van der Waals surface area contributed by atoms with Crippen LogP contribution in [0.1, 0.15) is 31.9 Å². The predicted molar refractivity (Wildman–Crippen MR) is 76.1 cm³/mol. The molecule has 0 saturated heterocycles. The van der Waals surface area contributed by atoms with Crippen molar-refractivity contribution in [3.8, 4) is 12.3 Å².